The molecule has 2 heterocycles. The van der Waals surface area contributed by atoms with E-state index in [1.54, 1.807) is 6.08 Å². The van der Waals surface area contributed by atoms with Gasteiger partial charge in [-0.1, -0.05) is 47.1 Å². The van der Waals surface area contributed by atoms with Crippen molar-refractivity contribution in [1.29, 1.82) is 0 Å². The molecule has 0 N–H and O–H groups in total. The molecule has 1 atom stereocenters. The Bertz CT molecular complexity index is 1060. The smallest absolute Gasteiger partial charge is 0.338 e. The van der Waals surface area contributed by atoms with Crippen molar-refractivity contribution in [2.45, 2.75) is 58.5 Å². The van der Waals surface area contributed by atoms with Gasteiger partial charge in [0, 0.05) is 24.5 Å². The molecule has 2 aliphatic rings. The summed E-state index contributed by atoms with van der Waals surface area (Å²) >= 11 is 6.70. The second kappa shape index (κ2) is 14.7. The molecule has 0 aromatic heterocycles. The Labute approximate surface area is 224 Å². The van der Waals surface area contributed by atoms with Gasteiger partial charge in [0.1, 0.15) is 0 Å². The molecule has 7 nitrogen and oxygen atoms in total. The van der Waals surface area contributed by atoms with E-state index in [9.17, 15) is 9.59 Å². The SMILES string of the molecule is C=CCOC1/C=C/CCOC(=O)c2c(C)cc(C)c(Cl)c2CC(=N/OCC(=O)N2CCCCC2)/C=C/C1. The number of hydrogen-bond acceptors (Lipinski definition) is 6. The maximum absolute atomic E-state index is 13.1. The van der Waals surface area contributed by atoms with Crippen LogP contribution in [0.15, 0.2) is 48.2 Å². The third-order valence-electron chi connectivity index (χ3n) is 6.36. The Hall–Kier alpha value is -2.90. The first-order valence-corrected chi connectivity index (χ1v) is 13.3. The molecule has 37 heavy (non-hydrogen) atoms. The molecule has 1 unspecified atom stereocenters. The minimum atomic E-state index is -0.427. The van der Waals surface area contributed by atoms with Crippen LogP contribution in [-0.2, 0) is 25.5 Å². The summed E-state index contributed by atoms with van der Waals surface area (Å²) < 4.78 is 11.4. The van der Waals surface area contributed by atoms with Crippen LogP contribution in [0.25, 0.3) is 0 Å². The summed E-state index contributed by atoms with van der Waals surface area (Å²) in [6.07, 6.45) is 13.8. The van der Waals surface area contributed by atoms with E-state index >= 15 is 0 Å². The summed E-state index contributed by atoms with van der Waals surface area (Å²) in [5.41, 5.74) is 3.25. The minimum Gasteiger partial charge on any atom is -0.462 e. The van der Waals surface area contributed by atoms with Gasteiger partial charge in [-0.2, -0.15) is 0 Å². The van der Waals surface area contributed by atoms with Crippen LogP contribution in [0, 0.1) is 13.8 Å². The molecule has 1 amide bonds. The van der Waals surface area contributed by atoms with E-state index in [2.05, 4.69) is 11.7 Å². The number of amides is 1. The molecule has 1 fully saturated rings. The van der Waals surface area contributed by atoms with Crippen molar-refractivity contribution in [2.75, 3.05) is 32.9 Å². The number of ether oxygens (including phenoxy) is 2. The highest BCUT2D eigenvalue weighted by atomic mass is 35.5. The van der Waals surface area contributed by atoms with Gasteiger partial charge in [0.2, 0.25) is 0 Å². The maximum atomic E-state index is 13.1. The van der Waals surface area contributed by atoms with E-state index in [-0.39, 0.29) is 31.6 Å². The van der Waals surface area contributed by atoms with Crippen molar-refractivity contribution in [3.63, 3.8) is 0 Å². The van der Waals surface area contributed by atoms with Gasteiger partial charge in [-0.25, -0.2) is 4.79 Å². The summed E-state index contributed by atoms with van der Waals surface area (Å²) in [5.74, 6) is -0.505. The van der Waals surface area contributed by atoms with Crippen LogP contribution in [0.1, 0.15) is 59.2 Å². The van der Waals surface area contributed by atoms with E-state index < -0.39 is 5.97 Å². The fourth-order valence-electron chi connectivity index (χ4n) is 4.48. The average Bonchev–Trinajstić information content (AvgIpc) is 2.89. The molecule has 1 saturated heterocycles. The number of carbonyl (C=O) groups excluding carboxylic acids is 2. The Morgan fingerprint density at radius 2 is 2.03 bits per heavy atom. The van der Waals surface area contributed by atoms with Gasteiger partial charge in [0.05, 0.1) is 30.6 Å². The molecule has 8 heteroatoms. The zero-order valence-corrected chi connectivity index (χ0v) is 22.6. The van der Waals surface area contributed by atoms with Crippen molar-refractivity contribution in [1.82, 2.24) is 4.90 Å². The van der Waals surface area contributed by atoms with Gasteiger partial charge in [0.15, 0.2) is 6.61 Å². The van der Waals surface area contributed by atoms with Crippen molar-refractivity contribution in [2.24, 2.45) is 5.16 Å². The number of aryl methyl sites for hydroxylation is 2. The van der Waals surface area contributed by atoms with Crippen LogP contribution >= 0.6 is 11.6 Å². The molecule has 3 rings (SSSR count). The molecule has 0 spiro atoms. The molecule has 0 saturated carbocycles. The van der Waals surface area contributed by atoms with Gasteiger partial charge in [0.25, 0.3) is 5.91 Å². The van der Waals surface area contributed by atoms with Crippen molar-refractivity contribution >= 4 is 29.2 Å². The van der Waals surface area contributed by atoms with E-state index in [1.165, 1.54) is 0 Å². The first kappa shape index (κ1) is 28.7. The number of likely N-dealkylation sites (tertiary alicyclic amines) is 1. The predicted molar refractivity (Wildman–Crippen MR) is 146 cm³/mol. The van der Waals surface area contributed by atoms with Crippen LogP contribution in [0.5, 0.6) is 0 Å². The van der Waals surface area contributed by atoms with Crippen LogP contribution in [0.3, 0.4) is 0 Å². The average molecular weight is 529 g/mol. The normalized spacial score (nSPS) is 21.9. The van der Waals surface area contributed by atoms with Crippen molar-refractivity contribution < 1.29 is 23.9 Å². The highest BCUT2D eigenvalue weighted by Crippen LogP contribution is 2.29. The van der Waals surface area contributed by atoms with E-state index in [4.69, 9.17) is 25.9 Å². The van der Waals surface area contributed by atoms with Crippen molar-refractivity contribution in [3.8, 4) is 0 Å². The van der Waals surface area contributed by atoms with Gasteiger partial charge in [-0.15, -0.1) is 6.58 Å². The van der Waals surface area contributed by atoms with Gasteiger partial charge in [-0.3, -0.25) is 4.79 Å². The number of hydrogen-bond donors (Lipinski definition) is 0. The summed E-state index contributed by atoms with van der Waals surface area (Å²) in [6.45, 7) is 9.51. The van der Waals surface area contributed by atoms with Gasteiger partial charge in [-0.05, 0) is 68.7 Å². The number of benzene rings is 1. The molecule has 1 aromatic carbocycles. The second-order valence-corrected chi connectivity index (χ2v) is 9.68. The fraction of sp³-hybridized carbons (Fsp3) is 0.483. The van der Waals surface area contributed by atoms with E-state index in [1.807, 2.05) is 49.1 Å². The zero-order chi connectivity index (χ0) is 26.6. The summed E-state index contributed by atoms with van der Waals surface area (Å²) in [6, 6.07) is 1.88. The number of fused-ring (bicyclic) bond motifs is 1. The molecular weight excluding hydrogens is 492 g/mol. The van der Waals surface area contributed by atoms with Crippen molar-refractivity contribution in [3.05, 3.63) is 70.3 Å². The predicted octanol–water partition coefficient (Wildman–Crippen LogP) is 5.52. The number of oxime groups is 1. The molecule has 0 radical (unpaired) electrons. The van der Waals surface area contributed by atoms with Gasteiger partial charge < -0.3 is 19.2 Å². The Morgan fingerprint density at radius 3 is 2.78 bits per heavy atom. The molecule has 0 aliphatic carbocycles. The van der Waals surface area contributed by atoms with Crippen LogP contribution in [-0.4, -0.2) is 61.5 Å². The number of piperidine rings is 1. The Balaban J connectivity index is 1.90. The standard InChI is InChI=1S/C29H37ClN2O5/c1-4-16-35-24-12-6-9-17-36-29(34)27-21(2)18-22(3)28(30)25(27)19-23(11-10-13-24)31-37-20-26(33)32-14-7-5-8-15-32/h4,6,10-12,18,24H,1,5,7-9,13-17,19-20H2,2-3H3/b11-10+,12-6+,31-23+. The topological polar surface area (TPSA) is 77.4 Å². The fourth-order valence-corrected chi connectivity index (χ4v) is 4.69. The third kappa shape index (κ3) is 8.58. The second-order valence-electron chi connectivity index (χ2n) is 9.30. The minimum absolute atomic E-state index is 0.0781. The lowest BCUT2D eigenvalue weighted by molar-refractivity contribution is -0.137. The largest absolute Gasteiger partial charge is 0.462 e. The molecule has 0 bridgehead atoms. The first-order chi connectivity index (χ1) is 17.9. The summed E-state index contributed by atoms with van der Waals surface area (Å²) in [4.78, 5) is 32.9. The lowest BCUT2D eigenvalue weighted by Gasteiger charge is -2.26. The summed E-state index contributed by atoms with van der Waals surface area (Å²) in [5, 5.41) is 4.78. The Morgan fingerprint density at radius 1 is 1.24 bits per heavy atom. The van der Waals surface area contributed by atoms with Crippen LogP contribution in [0.4, 0.5) is 0 Å². The molecule has 200 valence electrons. The monoisotopic (exact) mass is 528 g/mol. The Kier molecular flexibility index (Phi) is 11.4. The molecule has 1 aromatic rings. The molecular formula is C29H37ClN2O5. The van der Waals surface area contributed by atoms with Crippen LogP contribution < -0.4 is 0 Å². The maximum Gasteiger partial charge on any atom is 0.338 e. The highest BCUT2D eigenvalue weighted by Gasteiger charge is 2.22. The number of cyclic esters (lactones) is 1. The van der Waals surface area contributed by atoms with E-state index in [0.29, 0.717) is 41.3 Å². The van der Waals surface area contributed by atoms with Gasteiger partial charge >= 0.3 is 5.97 Å². The quantitative estimate of drug-likeness (QED) is 0.276. The number of carbonyl (C=O) groups is 2. The highest BCUT2D eigenvalue weighted by molar-refractivity contribution is 6.33. The number of allylic oxidation sites excluding steroid dienone is 1. The number of rotatable bonds is 6. The van der Waals surface area contributed by atoms with Crippen LogP contribution in [0.2, 0.25) is 5.02 Å². The number of esters is 1. The molecule has 2 aliphatic heterocycles. The first-order valence-electron chi connectivity index (χ1n) is 12.9. The number of halogens is 1. The van der Waals surface area contributed by atoms with E-state index in [0.717, 1.165) is 43.5 Å². The third-order valence-corrected chi connectivity index (χ3v) is 6.88. The lowest BCUT2D eigenvalue weighted by atomic mass is 9.94. The lowest BCUT2D eigenvalue weighted by Crippen LogP contribution is -2.37. The number of nitrogens with zero attached hydrogens (tertiary/aromatic N) is 2. The zero-order valence-electron chi connectivity index (χ0n) is 21.8. The summed E-state index contributed by atoms with van der Waals surface area (Å²) in [7, 11) is 0.